The predicted octanol–water partition coefficient (Wildman–Crippen LogP) is 3.55. The number of benzene rings is 1. The molecule has 1 aliphatic heterocycles. The van der Waals surface area contributed by atoms with Crippen LogP contribution in [0, 0.1) is 23.5 Å². The highest BCUT2D eigenvalue weighted by atomic mass is 32.2. The number of alkyl halides is 3. The van der Waals surface area contributed by atoms with Crippen molar-refractivity contribution < 1.29 is 35.2 Å². The first-order valence-electron chi connectivity index (χ1n) is 11.5. The van der Waals surface area contributed by atoms with Crippen LogP contribution in [-0.4, -0.2) is 46.2 Å². The number of pyridine rings is 1. The van der Waals surface area contributed by atoms with Crippen molar-refractivity contribution >= 4 is 15.9 Å². The minimum atomic E-state index is -4.72. The molecule has 200 valence electrons. The zero-order valence-corrected chi connectivity index (χ0v) is 20.3. The van der Waals surface area contributed by atoms with E-state index in [1.54, 1.807) is 0 Å². The Morgan fingerprint density at radius 2 is 1.71 bits per heavy atom. The summed E-state index contributed by atoms with van der Waals surface area (Å²) in [4.78, 5) is 23.5. The Balaban J connectivity index is 1.34. The maximum Gasteiger partial charge on any atom is 0.451 e. The number of sulfonamides is 1. The van der Waals surface area contributed by atoms with Gasteiger partial charge >= 0.3 is 6.18 Å². The molecule has 2 aromatic heterocycles. The summed E-state index contributed by atoms with van der Waals surface area (Å²) in [6.45, 7) is -0.176. The van der Waals surface area contributed by atoms with Gasteiger partial charge in [-0.25, -0.2) is 27.2 Å². The predicted molar refractivity (Wildman–Crippen MR) is 122 cm³/mol. The first kappa shape index (κ1) is 26.1. The monoisotopic (exact) mass is 553 g/mol. The van der Waals surface area contributed by atoms with E-state index in [4.69, 9.17) is 0 Å². The van der Waals surface area contributed by atoms with Crippen LogP contribution in [0.2, 0.25) is 0 Å². The first-order valence-corrected chi connectivity index (χ1v) is 13.0. The Bertz CT molecular complexity index is 1470. The van der Waals surface area contributed by atoms with Crippen molar-refractivity contribution in [3.8, 4) is 11.3 Å². The number of nitrogens with one attached hydrogen (secondary N) is 1. The Kier molecular flexibility index (Phi) is 6.63. The van der Waals surface area contributed by atoms with Crippen LogP contribution in [0.25, 0.3) is 11.3 Å². The van der Waals surface area contributed by atoms with Gasteiger partial charge in [-0.1, -0.05) is 0 Å². The zero-order valence-electron chi connectivity index (χ0n) is 19.5. The van der Waals surface area contributed by atoms with Gasteiger partial charge in [0.05, 0.1) is 16.8 Å². The number of rotatable bonds is 6. The maximum atomic E-state index is 14.5. The largest absolute Gasteiger partial charge is 0.451 e. The summed E-state index contributed by atoms with van der Waals surface area (Å²) < 4.78 is 93.6. The third kappa shape index (κ3) is 4.85. The fourth-order valence-electron chi connectivity index (χ4n) is 4.78. The molecule has 1 amide bonds. The second kappa shape index (κ2) is 9.66. The molecule has 0 spiro atoms. The lowest BCUT2D eigenvalue weighted by atomic mass is 9.73. The minimum Gasteiger partial charge on any atom is -0.351 e. The SMILES string of the molecule is O=C(NCc1cc(-c2cnc(C(F)(F)F)nc2)ncc1F)[C@@H]1[C@H]2CC[C@H]2CN1S(=O)(=O)c1ccc(F)cc1. The van der Waals surface area contributed by atoms with Gasteiger partial charge in [-0.05, 0) is 55.0 Å². The number of hydrogen-bond acceptors (Lipinski definition) is 6. The topological polar surface area (TPSA) is 105 Å². The number of carbonyl (C=O) groups excluding carboxylic acids is 1. The molecule has 14 heteroatoms. The van der Waals surface area contributed by atoms with Crippen LogP contribution in [-0.2, 0) is 27.5 Å². The van der Waals surface area contributed by atoms with Gasteiger partial charge in [0.25, 0.3) is 0 Å². The van der Waals surface area contributed by atoms with Gasteiger partial charge in [0, 0.05) is 36.6 Å². The summed E-state index contributed by atoms with van der Waals surface area (Å²) >= 11 is 0. The average molecular weight is 554 g/mol. The lowest BCUT2D eigenvalue weighted by Crippen LogP contribution is -2.49. The standard InChI is InChI=1S/C24H20F5N5O3S/c25-16-2-4-17(5-3-16)38(36,37)34-12-13-1-6-18(13)21(34)22(35)31-8-14-7-20(30-11-19(14)26)15-9-32-23(33-10-15)24(27,28)29/h2-5,7,9-11,13,18,21H,1,6,8,12H2,(H,31,35)/t13-,18-,21-/m0/s1. The quantitative estimate of drug-likeness (QED) is 0.469. The number of aromatic nitrogens is 3. The van der Waals surface area contributed by atoms with E-state index in [9.17, 15) is 35.2 Å². The van der Waals surface area contributed by atoms with E-state index in [-0.39, 0.29) is 46.6 Å². The molecule has 0 unspecified atom stereocenters. The van der Waals surface area contributed by atoms with Gasteiger partial charge in [-0.15, -0.1) is 0 Å². The van der Waals surface area contributed by atoms with Gasteiger partial charge in [-0.3, -0.25) is 9.78 Å². The van der Waals surface area contributed by atoms with Crippen molar-refractivity contribution in [1.82, 2.24) is 24.6 Å². The van der Waals surface area contributed by atoms with Crippen LogP contribution in [0.3, 0.4) is 0 Å². The van der Waals surface area contributed by atoms with E-state index in [0.29, 0.717) is 6.42 Å². The molecule has 1 saturated heterocycles. The van der Waals surface area contributed by atoms with Crippen molar-refractivity contribution in [3.05, 3.63) is 71.9 Å². The van der Waals surface area contributed by atoms with E-state index in [1.807, 2.05) is 0 Å². The summed E-state index contributed by atoms with van der Waals surface area (Å²) in [5.41, 5.74) is 0.180. The molecule has 3 atom stereocenters. The van der Waals surface area contributed by atoms with Gasteiger partial charge in [-0.2, -0.15) is 17.5 Å². The third-order valence-electron chi connectivity index (χ3n) is 6.88. The van der Waals surface area contributed by atoms with Crippen molar-refractivity contribution in [2.24, 2.45) is 11.8 Å². The minimum absolute atomic E-state index is 0.00454. The molecule has 2 fully saturated rings. The second-order valence-corrected chi connectivity index (χ2v) is 11.0. The Labute approximate surface area is 214 Å². The highest BCUT2D eigenvalue weighted by Gasteiger charge is 2.54. The maximum absolute atomic E-state index is 14.5. The first-order chi connectivity index (χ1) is 17.9. The van der Waals surface area contributed by atoms with E-state index >= 15 is 0 Å². The number of halogens is 5. The van der Waals surface area contributed by atoms with E-state index in [1.165, 1.54) is 6.07 Å². The molecule has 0 bridgehead atoms. The molecule has 1 aliphatic carbocycles. The molecule has 1 aromatic carbocycles. The Morgan fingerprint density at radius 1 is 1.03 bits per heavy atom. The smallest absolute Gasteiger partial charge is 0.351 e. The van der Waals surface area contributed by atoms with Crippen LogP contribution >= 0.6 is 0 Å². The number of nitrogens with zero attached hydrogens (tertiary/aromatic N) is 4. The molecule has 8 nitrogen and oxygen atoms in total. The van der Waals surface area contributed by atoms with Crippen LogP contribution in [0.5, 0.6) is 0 Å². The third-order valence-corrected chi connectivity index (χ3v) is 8.75. The summed E-state index contributed by atoms with van der Waals surface area (Å²) in [5.74, 6) is -3.51. The fourth-order valence-corrected chi connectivity index (χ4v) is 6.47. The van der Waals surface area contributed by atoms with Gasteiger partial charge < -0.3 is 5.32 Å². The van der Waals surface area contributed by atoms with E-state index in [0.717, 1.165) is 53.6 Å². The van der Waals surface area contributed by atoms with Crippen molar-refractivity contribution in [2.45, 2.75) is 36.5 Å². The molecule has 2 aliphatic rings. The van der Waals surface area contributed by atoms with E-state index in [2.05, 4.69) is 20.3 Å². The van der Waals surface area contributed by atoms with Crippen LogP contribution in [0.4, 0.5) is 22.0 Å². The molecular formula is C24H20F5N5O3S. The summed E-state index contributed by atoms with van der Waals surface area (Å²) in [6, 6.07) is 4.56. The van der Waals surface area contributed by atoms with Crippen LogP contribution < -0.4 is 5.32 Å². The lowest BCUT2D eigenvalue weighted by Gasteiger charge is -2.32. The number of hydrogen-bond donors (Lipinski definition) is 1. The molecule has 1 N–H and O–H groups in total. The lowest BCUT2D eigenvalue weighted by molar-refractivity contribution is -0.145. The van der Waals surface area contributed by atoms with Crippen molar-refractivity contribution in [1.29, 1.82) is 0 Å². The van der Waals surface area contributed by atoms with Crippen LogP contribution in [0.1, 0.15) is 24.2 Å². The number of fused-ring (bicyclic) bond motifs is 1. The van der Waals surface area contributed by atoms with Gasteiger partial charge in [0.2, 0.25) is 21.8 Å². The Hall–Kier alpha value is -3.52. The normalized spacial score (nSPS) is 21.6. The second-order valence-electron chi connectivity index (χ2n) is 9.15. The molecule has 3 heterocycles. The number of amides is 1. The summed E-state index contributed by atoms with van der Waals surface area (Å²) in [5, 5.41) is 2.58. The zero-order chi connectivity index (χ0) is 27.2. The van der Waals surface area contributed by atoms with Crippen molar-refractivity contribution in [3.63, 3.8) is 0 Å². The molecule has 38 heavy (non-hydrogen) atoms. The molecule has 5 rings (SSSR count). The number of carbonyl (C=O) groups is 1. The average Bonchev–Trinajstić information content (AvgIpc) is 3.13. The summed E-state index contributed by atoms with van der Waals surface area (Å²) in [7, 11) is -4.10. The highest BCUT2D eigenvalue weighted by Crippen LogP contribution is 2.46. The van der Waals surface area contributed by atoms with Crippen LogP contribution in [0.15, 0.2) is 53.8 Å². The molecule has 0 radical (unpaired) electrons. The molecular weight excluding hydrogens is 533 g/mol. The molecule has 3 aromatic rings. The summed E-state index contributed by atoms with van der Waals surface area (Å²) in [6.07, 6.45) is -0.627. The fraction of sp³-hybridized carbons (Fsp3) is 0.333. The molecule has 1 saturated carbocycles. The van der Waals surface area contributed by atoms with Gasteiger partial charge in [0.15, 0.2) is 0 Å². The van der Waals surface area contributed by atoms with Crippen molar-refractivity contribution in [2.75, 3.05) is 6.54 Å². The van der Waals surface area contributed by atoms with Gasteiger partial charge in [0.1, 0.15) is 17.7 Å². The Morgan fingerprint density at radius 3 is 2.32 bits per heavy atom. The highest BCUT2D eigenvalue weighted by molar-refractivity contribution is 7.89. The van der Waals surface area contributed by atoms with E-state index < -0.39 is 45.6 Å².